The summed E-state index contributed by atoms with van der Waals surface area (Å²) in [4.78, 5) is 40.0. The molecule has 0 spiro atoms. The van der Waals surface area contributed by atoms with Crippen molar-refractivity contribution in [3.63, 3.8) is 0 Å². The van der Waals surface area contributed by atoms with Crippen LogP contribution in [0.25, 0.3) is 11.0 Å². The second-order valence-corrected chi connectivity index (χ2v) is 5.88. The van der Waals surface area contributed by atoms with Gasteiger partial charge < -0.3 is 10.6 Å². The molecule has 0 bridgehead atoms. The molecule has 7 nitrogen and oxygen atoms in total. The van der Waals surface area contributed by atoms with E-state index in [0.29, 0.717) is 22.4 Å². The van der Waals surface area contributed by atoms with Crippen LogP contribution in [-0.2, 0) is 16.1 Å². The largest absolute Gasteiger partial charge is 0.326 e. The van der Waals surface area contributed by atoms with Crippen molar-refractivity contribution in [3.05, 3.63) is 64.6 Å². The Bertz CT molecular complexity index is 1060. The Morgan fingerprint density at radius 3 is 2.46 bits per heavy atom. The molecule has 2 N–H and O–H groups in total. The van der Waals surface area contributed by atoms with Crippen molar-refractivity contribution in [2.45, 2.75) is 20.4 Å². The molecular weight excluding hydrogens is 332 g/mol. The number of rotatable bonds is 4. The van der Waals surface area contributed by atoms with Gasteiger partial charge in [0, 0.05) is 18.3 Å². The molecule has 132 valence electrons. The smallest absolute Gasteiger partial charge is 0.269 e. The van der Waals surface area contributed by atoms with Crippen molar-refractivity contribution in [1.29, 1.82) is 0 Å². The van der Waals surface area contributed by atoms with E-state index in [2.05, 4.69) is 15.6 Å². The molecule has 0 unspecified atom stereocenters. The lowest BCUT2D eigenvalue weighted by molar-refractivity contribution is -0.116. The van der Waals surface area contributed by atoms with Crippen LogP contribution in [0.3, 0.4) is 0 Å². The van der Waals surface area contributed by atoms with Gasteiger partial charge in [-0.2, -0.15) is 0 Å². The summed E-state index contributed by atoms with van der Waals surface area (Å²) in [6, 6.07) is 12.4. The topological polar surface area (TPSA) is 93.1 Å². The number of para-hydroxylation sites is 2. The van der Waals surface area contributed by atoms with Gasteiger partial charge in [0.1, 0.15) is 6.54 Å². The lowest BCUT2D eigenvalue weighted by Gasteiger charge is -2.14. The van der Waals surface area contributed by atoms with Crippen LogP contribution >= 0.6 is 0 Å². The molecule has 2 aromatic carbocycles. The van der Waals surface area contributed by atoms with E-state index in [0.717, 1.165) is 5.56 Å². The maximum atomic E-state index is 12.5. The summed E-state index contributed by atoms with van der Waals surface area (Å²) in [5.41, 5.74) is 2.84. The van der Waals surface area contributed by atoms with Crippen LogP contribution in [0.1, 0.15) is 12.5 Å². The number of hydrogen-bond acceptors (Lipinski definition) is 4. The van der Waals surface area contributed by atoms with Gasteiger partial charge in [0.05, 0.1) is 17.2 Å². The maximum Gasteiger partial charge on any atom is 0.269 e. The molecule has 26 heavy (non-hydrogen) atoms. The third kappa shape index (κ3) is 3.61. The molecule has 3 rings (SSSR count). The van der Waals surface area contributed by atoms with E-state index in [9.17, 15) is 14.4 Å². The fourth-order valence-corrected chi connectivity index (χ4v) is 2.71. The third-order valence-corrected chi connectivity index (χ3v) is 3.97. The van der Waals surface area contributed by atoms with Crippen molar-refractivity contribution in [2.75, 3.05) is 10.6 Å². The first-order valence-corrected chi connectivity index (χ1v) is 8.07. The van der Waals surface area contributed by atoms with Crippen molar-refractivity contribution in [3.8, 4) is 0 Å². The number of anilines is 2. The maximum absolute atomic E-state index is 12.5. The monoisotopic (exact) mass is 350 g/mol. The van der Waals surface area contributed by atoms with Gasteiger partial charge in [-0.15, -0.1) is 0 Å². The number of fused-ring (bicyclic) bond motifs is 1. The molecule has 0 saturated carbocycles. The fraction of sp³-hybridized carbons (Fsp3) is 0.158. The number of carbonyl (C=O) groups is 2. The molecular formula is C19H18N4O3. The molecule has 2 amide bonds. The first kappa shape index (κ1) is 17.3. The first-order valence-electron chi connectivity index (χ1n) is 8.07. The zero-order valence-electron chi connectivity index (χ0n) is 14.4. The van der Waals surface area contributed by atoms with E-state index in [1.165, 1.54) is 17.7 Å². The van der Waals surface area contributed by atoms with Crippen molar-refractivity contribution >= 4 is 34.2 Å². The number of nitrogens with zero attached hydrogens (tertiary/aromatic N) is 2. The van der Waals surface area contributed by atoms with Crippen LogP contribution in [0.4, 0.5) is 11.4 Å². The summed E-state index contributed by atoms with van der Waals surface area (Å²) >= 11 is 0. The third-order valence-electron chi connectivity index (χ3n) is 3.97. The quantitative estimate of drug-likeness (QED) is 0.755. The van der Waals surface area contributed by atoms with Gasteiger partial charge in [-0.1, -0.05) is 18.2 Å². The minimum atomic E-state index is -0.345. The molecule has 0 radical (unpaired) electrons. The Balaban J connectivity index is 1.86. The summed E-state index contributed by atoms with van der Waals surface area (Å²) in [6.07, 6.45) is 1.21. The summed E-state index contributed by atoms with van der Waals surface area (Å²) in [6.45, 7) is 3.09. The number of aromatic nitrogens is 2. The second-order valence-electron chi connectivity index (χ2n) is 5.88. The molecule has 0 aliphatic heterocycles. The van der Waals surface area contributed by atoms with E-state index >= 15 is 0 Å². The highest BCUT2D eigenvalue weighted by molar-refractivity contribution is 5.95. The molecule has 0 aliphatic carbocycles. The van der Waals surface area contributed by atoms with E-state index in [1.54, 1.807) is 43.3 Å². The molecule has 0 aliphatic rings. The van der Waals surface area contributed by atoms with Crippen LogP contribution in [-0.4, -0.2) is 21.4 Å². The molecule has 1 heterocycles. The molecule has 0 saturated heterocycles. The van der Waals surface area contributed by atoms with Gasteiger partial charge in [-0.3, -0.25) is 19.0 Å². The lowest BCUT2D eigenvalue weighted by atomic mass is 10.1. The standard InChI is InChI=1S/C19H18N4O3/c1-12-14(21-13(2)24)7-5-8-15(12)22-18(25)11-23-17-9-4-3-6-16(17)20-10-19(23)26/h3-10H,11H2,1-2H3,(H,21,24)(H,22,25). The highest BCUT2D eigenvalue weighted by atomic mass is 16.2. The Morgan fingerprint density at radius 1 is 1.04 bits per heavy atom. The number of nitrogens with one attached hydrogen (secondary N) is 2. The number of carbonyl (C=O) groups excluding carboxylic acids is 2. The normalized spacial score (nSPS) is 10.5. The summed E-state index contributed by atoms with van der Waals surface area (Å²) in [5, 5.41) is 5.51. The summed E-state index contributed by atoms with van der Waals surface area (Å²) in [7, 11) is 0. The van der Waals surface area contributed by atoms with Crippen LogP contribution in [0.15, 0.2) is 53.5 Å². The predicted octanol–water partition coefficient (Wildman–Crippen LogP) is 2.30. The van der Waals surface area contributed by atoms with Crippen molar-refractivity contribution in [1.82, 2.24) is 9.55 Å². The van der Waals surface area contributed by atoms with Crippen LogP contribution in [0.2, 0.25) is 0 Å². The van der Waals surface area contributed by atoms with Gasteiger partial charge in [0.2, 0.25) is 11.8 Å². The van der Waals surface area contributed by atoms with Gasteiger partial charge in [-0.05, 0) is 36.8 Å². The SMILES string of the molecule is CC(=O)Nc1cccc(NC(=O)Cn2c(=O)cnc3ccccc32)c1C. The highest BCUT2D eigenvalue weighted by Gasteiger charge is 2.11. The number of benzene rings is 2. The lowest BCUT2D eigenvalue weighted by Crippen LogP contribution is -2.28. The predicted molar refractivity (Wildman–Crippen MR) is 100 cm³/mol. The molecule has 0 atom stereocenters. The second kappa shape index (κ2) is 7.18. The van der Waals surface area contributed by atoms with E-state index in [-0.39, 0.29) is 23.9 Å². The fourth-order valence-electron chi connectivity index (χ4n) is 2.71. The summed E-state index contributed by atoms with van der Waals surface area (Å²) in [5.74, 6) is -0.530. The van der Waals surface area contributed by atoms with Crippen LogP contribution in [0.5, 0.6) is 0 Å². The number of hydrogen-bond donors (Lipinski definition) is 2. The molecule has 3 aromatic rings. The van der Waals surface area contributed by atoms with Crippen LogP contribution < -0.4 is 16.2 Å². The van der Waals surface area contributed by atoms with Crippen LogP contribution in [0, 0.1) is 6.92 Å². The zero-order chi connectivity index (χ0) is 18.7. The van der Waals surface area contributed by atoms with E-state index < -0.39 is 0 Å². The Morgan fingerprint density at radius 2 is 1.73 bits per heavy atom. The van der Waals surface area contributed by atoms with Gasteiger partial charge in [0.25, 0.3) is 5.56 Å². The first-order chi connectivity index (χ1) is 12.5. The molecule has 7 heteroatoms. The average molecular weight is 350 g/mol. The highest BCUT2D eigenvalue weighted by Crippen LogP contribution is 2.23. The minimum Gasteiger partial charge on any atom is -0.326 e. The van der Waals surface area contributed by atoms with E-state index in [4.69, 9.17) is 0 Å². The van der Waals surface area contributed by atoms with Gasteiger partial charge in [0.15, 0.2) is 0 Å². The Kier molecular flexibility index (Phi) is 4.79. The Labute approximate surface area is 149 Å². The summed E-state index contributed by atoms with van der Waals surface area (Å²) < 4.78 is 1.38. The minimum absolute atomic E-state index is 0.133. The van der Waals surface area contributed by atoms with Crippen molar-refractivity contribution < 1.29 is 9.59 Å². The average Bonchev–Trinajstić information content (AvgIpc) is 2.60. The van der Waals surface area contributed by atoms with Crippen molar-refractivity contribution in [2.24, 2.45) is 0 Å². The van der Waals surface area contributed by atoms with Gasteiger partial charge in [-0.25, -0.2) is 4.98 Å². The molecule has 0 fully saturated rings. The molecule has 1 aromatic heterocycles. The van der Waals surface area contributed by atoms with Gasteiger partial charge >= 0.3 is 0 Å². The van der Waals surface area contributed by atoms with E-state index in [1.807, 2.05) is 6.07 Å². The Hall–Kier alpha value is -3.48. The zero-order valence-corrected chi connectivity index (χ0v) is 14.4. The number of amides is 2.